The SMILES string of the molecule is CC(C)C1CCCCN1C(=O)c1ccc(COc2ccc(F)cc2)o1. The second-order valence-electron chi connectivity index (χ2n) is 6.81. The first-order valence-electron chi connectivity index (χ1n) is 8.82. The second-order valence-corrected chi connectivity index (χ2v) is 6.81. The summed E-state index contributed by atoms with van der Waals surface area (Å²) in [7, 11) is 0. The zero-order valence-corrected chi connectivity index (χ0v) is 14.7. The van der Waals surface area contributed by atoms with E-state index >= 15 is 0 Å². The molecule has 0 spiro atoms. The monoisotopic (exact) mass is 345 g/mol. The van der Waals surface area contributed by atoms with Crippen molar-refractivity contribution in [1.29, 1.82) is 0 Å². The van der Waals surface area contributed by atoms with Crippen molar-refractivity contribution in [3.05, 3.63) is 53.7 Å². The van der Waals surface area contributed by atoms with Gasteiger partial charge in [-0.2, -0.15) is 0 Å². The molecule has 0 bridgehead atoms. The Morgan fingerprint density at radius 2 is 2.00 bits per heavy atom. The number of nitrogens with zero attached hydrogens (tertiary/aromatic N) is 1. The van der Waals surface area contributed by atoms with Crippen LogP contribution in [0.4, 0.5) is 4.39 Å². The number of likely N-dealkylation sites (tertiary alicyclic amines) is 1. The fourth-order valence-electron chi connectivity index (χ4n) is 3.30. The van der Waals surface area contributed by atoms with E-state index < -0.39 is 0 Å². The van der Waals surface area contributed by atoms with Crippen LogP contribution in [-0.4, -0.2) is 23.4 Å². The molecule has 2 heterocycles. The number of furan rings is 1. The maximum Gasteiger partial charge on any atom is 0.289 e. The Morgan fingerprint density at radius 3 is 2.72 bits per heavy atom. The van der Waals surface area contributed by atoms with Gasteiger partial charge in [0.1, 0.15) is 23.9 Å². The van der Waals surface area contributed by atoms with Crippen LogP contribution >= 0.6 is 0 Å². The molecule has 0 radical (unpaired) electrons. The lowest BCUT2D eigenvalue weighted by Gasteiger charge is -2.37. The number of hydrogen-bond acceptors (Lipinski definition) is 3. The highest BCUT2D eigenvalue weighted by molar-refractivity contribution is 5.91. The molecular formula is C20H24FNO3. The molecule has 1 unspecified atom stereocenters. The summed E-state index contributed by atoms with van der Waals surface area (Å²) in [5.41, 5.74) is 0. The summed E-state index contributed by atoms with van der Waals surface area (Å²) in [5.74, 6) is 1.56. The molecule has 1 saturated heterocycles. The molecule has 1 fully saturated rings. The van der Waals surface area contributed by atoms with Crippen LogP contribution in [-0.2, 0) is 6.61 Å². The van der Waals surface area contributed by atoms with Crippen LogP contribution in [0.5, 0.6) is 5.75 Å². The summed E-state index contributed by atoms with van der Waals surface area (Å²) in [5, 5.41) is 0. The van der Waals surface area contributed by atoms with Crippen LogP contribution in [0.2, 0.25) is 0 Å². The minimum absolute atomic E-state index is 0.0496. The molecule has 25 heavy (non-hydrogen) atoms. The van der Waals surface area contributed by atoms with Crippen LogP contribution in [0.15, 0.2) is 40.8 Å². The molecule has 1 aliphatic rings. The predicted molar refractivity (Wildman–Crippen MR) is 93.0 cm³/mol. The first-order valence-corrected chi connectivity index (χ1v) is 8.82. The maximum absolute atomic E-state index is 12.9. The smallest absolute Gasteiger partial charge is 0.289 e. The number of benzene rings is 1. The van der Waals surface area contributed by atoms with Gasteiger partial charge in [-0.1, -0.05) is 13.8 Å². The number of halogens is 1. The lowest BCUT2D eigenvalue weighted by Crippen LogP contribution is -2.46. The number of carbonyl (C=O) groups is 1. The minimum atomic E-state index is -0.306. The maximum atomic E-state index is 12.9. The van der Waals surface area contributed by atoms with Crippen LogP contribution in [0.25, 0.3) is 0 Å². The van der Waals surface area contributed by atoms with E-state index in [2.05, 4.69) is 13.8 Å². The molecule has 3 rings (SSSR count). The van der Waals surface area contributed by atoms with Crippen molar-refractivity contribution in [1.82, 2.24) is 4.90 Å². The third kappa shape index (κ3) is 4.21. The van der Waals surface area contributed by atoms with Crippen molar-refractivity contribution in [2.24, 2.45) is 5.92 Å². The molecule has 4 nitrogen and oxygen atoms in total. The highest BCUT2D eigenvalue weighted by Gasteiger charge is 2.30. The zero-order chi connectivity index (χ0) is 17.8. The molecule has 1 aliphatic heterocycles. The molecule has 5 heteroatoms. The van der Waals surface area contributed by atoms with Gasteiger partial charge in [-0.05, 0) is 61.6 Å². The molecule has 1 atom stereocenters. The number of piperidine rings is 1. The molecule has 134 valence electrons. The Labute approximate surface area is 147 Å². The highest BCUT2D eigenvalue weighted by Crippen LogP contribution is 2.25. The van der Waals surface area contributed by atoms with E-state index in [0.29, 0.717) is 23.2 Å². The Balaban J connectivity index is 1.63. The predicted octanol–water partition coefficient (Wildman–Crippen LogP) is 4.65. The normalized spacial score (nSPS) is 17.8. The summed E-state index contributed by atoms with van der Waals surface area (Å²) in [4.78, 5) is 14.7. The molecule has 1 aromatic carbocycles. The summed E-state index contributed by atoms with van der Waals surface area (Å²) in [6.45, 7) is 5.29. The standard InChI is InChI=1S/C20H24FNO3/c1-14(2)18-5-3-4-12-22(18)20(23)19-11-10-17(25-19)13-24-16-8-6-15(21)7-9-16/h6-11,14,18H,3-5,12-13H2,1-2H3. The Bertz CT molecular complexity index is 708. The van der Waals surface area contributed by atoms with E-state index in [9.17, 15) is 9.18 Å². The molecule has 1 amide bonds. The summed E-state index contributed by atoms with van der Waals surface area (Å²) in [6.07, 6.45) is 3.25. The van der Waals surface area contributed by atoms with Crippen LogP contribution in [0, 0.1) is 11.7 Å². The van der Waals surface area contributed by atoms with Gasteiger partial charge in [0.15, 0.2) is 5.76 Å². The first-order chi connectivity index (χ1) is 12.0. The Hall–Kier alpha value is -2.30. The number of amides is 1. The van der Waals surface area contributed by atoms with Gasteiger partial charge in [-0.15, -0.1) is 0 Å². The van der Waals surface area contributed by atoms with E-state index in [4.69, 9.17) is 9.15 Å². The lowest BCUT2D eigenvalue weighted by atomic mass is 9.92. The van der Waals surface area contributed by atoms with E-state index in [-0.39, 0.29) is 24.4 Å². The lowest BCUT2D eigenvalue weighted by molar-refractivity contribution is 0.0508. The largest absolute Gasteiger partial charge is 0.486 e. The van der Waals surface area contributed by atoms with Gasteiger partial charge in [0.2, 0.25) is 0 Å². The van der Waals surface area contributed by atoms with E-state index in [0.717, 1.165) is 19.4 Å². The van der Waals surface area contributed by atoms with Gasteiger partial charge in [0, 0.05) is 12.6 Å². The van der Waals surface area contributed by atoms with E-state index in [1.54, 1.807) is 24.3 Å². The highest BCUT2D eigenvalue weighted by atomic mass is 19.1. The van der Waals surface area contributed by atoms with Gasteiger partial charge in [0.05, 0.1) is 0 Å². The summed E-state index contributed by atoms with van der Waals surface area (Å²) >= 11 is 0. The number of rotatable bonds is 5. The average Bonchev–Trinajstić information content (AvgIpc) is 3.09. The van der Waals surface area contributed by atoms with E-state index in [1.807, 2.05) is 4.90 Å². The van der Waals surface area contributed by atoms with Gasteiger partial charge in [0.25, 0.3) is 5.91 Å². The number of ether oxygens (including phenoxy) is 1. The fourth-order valence-corrected chi connectivity index (χ4v) is 3.30. The van der Waals surface area contributed by atoms with Crippen LogP contribution in [0.3, 0.4) is 0 Å². The van der Waals surface area contributed by atoms with Gasteiger partial charge < -0.3 is 14.1 Å². The molecule has 0 aliphatic carbocycles. The van der Waals surface area contributed by atoms with Crippen molar-refractivity contribution in [2.75, 3.05) is 6.54 Å². The quantitative estimate of drug-likeness (QED) is 0.792. The van der Waals surface area contributed by atoms with Crippen LogP contribution < -0.4 is 4.74 Å². The zero-order valence-electron chi connectivity index (χ0n) is 14.7. The fraction of sp³-hybridized carbons (Fsp3) is 0.450. The Kier molecular flexibility index (Phi) is 5.41. The Morgan fingerprint density at radius 1 is 1.24 bits per heavy atom. The average molecular weight is 345 g/mol. The number of hydrogen-bond donors (Lipinski definition) is 0. The third-order valence-electron chi connectivity index (χ3n) is 4.65. The van der Waals surface area contributed by atoms with Crippen LogP contribution in [0.1, 0.15) is 49.4 Å². The summed E-state index contributed by atoms with van der Waals surface area (Å²) < 4.78 is 24.1. The van der Waals surface area contributed by atoms with Gasteiger partial charge in [-0.25, -0.2) is 4.39 Å². The molecular weight excluding hydrogens is 321 g/mol. The van der Waals surface area contributed by atoms with Crippen molar-refractivity contribution < 1.29 is 18.3 Å². The van der Waals surface area contributed by atoms with Crippen molar-refractivity contribution in [3.8, 4) is 5.75 Å². The second kappa shape index (κ2) is 7.72. The third-order valence-corrected chi connectivity index (χ3v) is 4.65. The van der Waals surface area contributed by atoms with Gasteiger partial charge in [-0.3, -0.25) is 4.79 Å². The van der Waals surface area contributed by atoms with Crippen molar-refractivity contribution in [2.45, 2.75) is 45.8 Å². The first kappa shape index (κ1) is 17.5. The molecule has 0 N–H and O–H groups in total. The summed E-state index contributed by atoms with van der Waals surface area (Å²) in [6, 6.07) is 9.54. The van der Waals surface area contributed by atoms with Crippen molar-refractivity contribution in [3.63, 3.8) is 0 Å². The molecule has 1 aromatic heterocycles. The number of carbonyl (C=O) groups excluding carboxylic acids is 1. The molecule has 2 aromatic rings. The topological polar surface area (TPSA) is 42.7 Å². The van der Waals surface area contributed by atoms with Crippen molar-refractivity contribution >= 4 is 5.91 Å². The van der Waals surface area contributed by atoms with Gasteiger partial charge >= 0.3 is 0 Å². The molecule has 0 saturated carbocycles. The van der Waals surface area contributed by atoms with E-state index in [1.165, 1.54) is 18.6 Å². The minimum Gasteiger partial charge on any atom is -0.486 e.